The first kappa shape index (κ1) is 14.8. The molecule has 0 bridgehead atoms. The summed E-state index contributed by atoms with van der Waals surface area (Å²) >= 11 is 5.84. The summed E-state index contributed by atoms with van der Waals surface area (Å²) in [6, 6.07) is 2.84. The van der Waals surface area contributed by atoms with Crippen LogP contribution in [0.2, 0.25) is 5.02 Å². The second-order valence-corrected chi connectivity index (χ2v) is 6.34. The Morgan fingerprint density at radius 1 is 1.40 bits per heavy atom. The number of nitrogens with one attached hydrogen (secondary N) is 1. The fourth-order valence-electron chi connectivity index (χ4n) is 1.60. The summed E-state index contributed by atoms with van der Waals surface area (Å²) < 4.78 is 31.6. The number of sulfonamides is 1. The van der Waals surface area contributed by atoms with Crippen molar-refractivity contribution in [1.29, 1.82) is 0 Å². The molecule has 0 radical (unpaired) electrons. The number of aryl methyl sites for hydroxylation is 1. The van der Waals surface area contributed by atoms with Crippen LogP contribution in [-0.2, 0) is 16.6 Å². The Morgan fingerprint density at radius 2 is 2.10 bits per heavy atom. The van der Waals surface area contributed by atoms with Gasteiger partial charge in [-0.05, 0) is 24.6 Å². The quantitative estimate of drug-likeness (QED) is 0.825. The molecule has 108 valence electrons. The average molecular weight is 317 g/mol. The lowest BCUT2D eigenvalue weighted by Crippen LogP contribution is -2.24. The number of nitrogens with zero attached hydrogens (tertiary/aromatic N) is 2. The van der Waals surface area contributed by atoms with Gasteiger partial charge in [0.1, 0.15) is 0 Å². The highest BCUT2D eigenvalue weighted by Crippen LogP contribution is 2.25. The van der Waals surface area contributed by atoms with E-state index in [2.05, 4.69) is 14.9 Å². The summed E-state index contributed by atoms with van der Waals surface area (Å²) in [6.07, 6.45) is 0. The highest BCUT2D eigenvalue weighted by Gasteiger charge is 2.19. The van der Waals surface area contributed by atoms with Crippen molar-refractivity contribution in [3.8, 4) is 0 Å². The van der Waals surface area contributed by atoms with Crippen LogP contribution < -0.4 is 10.5 Å². The van der Waals surface area contributed by atoms with E-state index in [0.717, 1.165) is 0 Å². The molecule has 0 unspecified atom stereocenters. The molecule has 1 aromatic heterocycles. The van der Waals surface area contributed by atoms with E-state index in [-0.39, 0.29) is 22.3 Å². The van der Waals surface area contributed by atoms with Gasteiger partial charge < -0.3 is 10.3 Å². The molecule has 0 atom stereocenters. The molecule has 3 N–H and O–H groups in total. The zero-order chi connectivity index (χ0) is 14.9. The fourth-order valence-corrected chi connectivity index (χ4v) is 3.17. The Kier molecular flexibility index (Phi) is 3.98. The summed E-state index contributed by atoms with van der Waals surface area (Å²) in [4.78, 5) is 3.94. The van der Waals surface area contributed by atoms with Gasteiger partial charge in [0.15, 0.2) is 5.82 Å². The molecule has 2 aromatic rings. The van der Waals surface area contributed by atoms with E-state index in [0.29, 0.717) is 17.1 Å². The normalized spacial score (nSPS) is 11.8. The van der Waals surface area contributed by atoms with Gasteiger partial charge in [0.2, 0.25) is 15.9 Å². The van der Waals surface area contributed by atoms with Crippen LogP contribution in [0.1, 0.15) is 17.3 Å². The number of benzene rings is 1. The van der Waals surface area contributed by atoms with Gasteiger partial charge in [-0.1, -0.05) is 16.8 Å². The molecule has 0 aliphatic carbocycles. The van der Waals surface area contributed by atoms with Gasteiger partial charge in [-0.3, -0.25) is 0 Å². The molecule has 9 heteroatoms. The minimum absolute atomic E-state index is 0.0303. The van der Waals surface area contributed by atoms with Crippen LogP contribution in [-0.4, -0.2) is 18.6 Å². The van der Waals surface area contributed by atoms with E-state index < -0.39 is 10.0 Å². The fraction of sp³-hybridized carbons (Fsp3) is 0.273. The zero-order valence-corrected chi connectivity index (χ0v) is 12.4. The van der Waals surface area contributed by atoms with Crippen LogP contribution in [0, 0.1) is 13.8 Å². The van der Waals surface area contributed by atoms with Crippen molar-refractivity contribution in [2.45, 2.75) is 25.3 Å². The largest absolute Gasteiger partial charge is 0.398 e. The van der Waals surface area contributed by atoms with Crippen LogP contribution in [0.3, 0.4) is 0 Å². The van der Waals surface area contributed by atoms with E-state index in [9.17, 15) is 8.42 Å². The molecule has 0 saturated heterocycles. The molecule has 20 heavy (non-hydrogen) atoms. The van der Waals surface area contributed by atoms with E-state index >= 15 is 0 Å². The highest BCUT2D eigenvalue weighted by atomic mass is 35.5. The minimum Gasteiger partial charge on any atom is -0.398 e. The van der Waals surface area contributed by atoms with E-state index in [1.807, 2.05) is 0 Å². The van der Waals surface area contributed by atoms with Crippen molar-refractivity contribution >= 4 is 27.3 Å². The second kappa shape index (κ2) is 5.39. The number of halogens is 1. The Hall–Kier alpha value is -1.64. The molecule has 0 aliphatic heterocycles. The lowest BCUT2D eigenvalue weighted by atomic mass is 10.2. The van der Waals surface area contributed by atoms with Crippen LogP contribution in [0.15, 0.2) is 21.6 Å². The maximum absolute atomic E-state index is 12.2. The third kappa shape index (κ3) is 3.09. The number of rotatable bonds is 4. The van der Waals surface area contributed by atoms with Crippen LogP contribution in [0.5, 0.6) is 0 Å². The lowest BCUT2D eigenvalue weighted by Gasteiger charge is -2.10. The van der Waals surface area contributed by atoms with E-state index in [4.69, 9.17) is 21.9 Å². The maximum atomic E-state index is 12.2. The number of nitrogen functional groups attached to an aromatic ring is 1. The first-order valence-corrected chi connectivity index (χ1v) is 7.50. The zero-order valence-electron chi connectivity index (χ0n) is 10.8. The second-order valence-electron chi connectivity index (χ2n) is 4.17. The Morgan fingerprint density at radius 3 is 2.70 bits per heavy atom. The SMILES string of the molecule is Cc1nc(CNS(=O)(=O)c2cc(Cl)cc(N)c2C)no1. The van der Waals surface area contributed by atoms with Gasteiger partial charge >= 0.3 is 0 Å². The summed E-state index contributed by atoms with van der Waals surface area (Å²) in [5.41, 5.74) is 6.46. The van der Waals surface area contributed by atoms with E-state index in [1.165, 1.54) is 12.1 Å². The molecule has 0 fully saturated rings. The number of anilines is 1. The predicted molar refractivity (Wildman–Crippen MR) is 73.7 cm³/mol. The topological polar surface area (TPSA) is 111 Å². The standard InChI is InChI=1S/C11H13ClN4O3S/c1-6-9(13)3-8(12)4-10(6)20(17,18)14-5-11-15-7(2)19-16-11/h3-4,14H,5,13H2,1-2H3. The Balaban J connectivity index is 2.27. The van der Waals surface area contributed by atoms with Crippen molar-refractivity contribution in [1.82, 2.24) is 14.9 Å². The average Bonchev–Trinajstić information content (AvgIpc) is 2.77. The van der Waals surface area contributed by atoms with Crippen LogP contribution >= 0.6 is 11.6 Å². The Bertz CT molecular complexity index is 742. The minimum atomic E-state index is -3.76. The van der Waals surface area contributed by atoms with Crippen molar-refractivity contribution in [3.63, 3.8) is 0 Å². The predicted octanol–water partition coefficient (Wildman–Crippen LogP) is 1.40. The van der Waals surface area contributed by atoms with Gasteiger partial charge in [0, 0.05) is 17.6 Å². The number of aromatic nitrogens is 2. The summed E-state index contributed by atoms with van der Waals surface area (Å²) in [5, 5.41) is 3.86. The molecule has 0 amide bonds. The summed E-state index contributed by atoms with van der Waals surface area (Å²) in [7, 11) is -3.76. The van der Waals surface area contributed by atoms with E-state index in [1.54, 1.807) is 13.8 Å². The molecular formula is C11H13ClN4O3S. The molecular weight excluding hydrogens is 304 g/mol. The molecule has 2 rings (SSSR count). The molecule has 1 aromatic carbocycles. The molecule has 7 nitrogen and oxygen atoms in total. The first-order chi connectivity index (χ1) is 9.29. The van der Waals surface area contributed by atoms with Gasteiger partial charge in [0.05, 0.1) is 11.4 Å². The molecule has 1 heterocycles. The van der Waals surface area contributed by atoms with Crippen LogP contribution in [0.25, 0.3) is 0 Å². The van der Waals surface area contributed by atoms with Gasteiger partial charge in [-0.25, -0.2) is 13.1 Å². The van der Waals surface area contributed by atoms with Gasteiger partial charge in [-0.2, -0.15) is 4.98 Å². The summed E-state index contributed by atoms with van der Waals surface area (Å²) in [6.45, 7) is 3.15. The van der Waals surface area contributed by atoms with Crippen molar-refractivity contribution in [2.75, 3.05) is 5.73 Å². The number of nitrogens with two attached hydrogens (primary N) is 1. The third-order valence-corrected chi connectivity index (χ3v) is 4.39. The van der Waals surface area contributed by atoms with Crippen molar-refractivity contribution < 1.29 is 12.9 Å². The van der Waals surface area contributed by atoms with Crippen molar-refractivity contribution in [2.24, 2.45) is 0 Å². The number of hydrogen-bond acceptors (Lipinski definition) is 6. The summed E-state index contributed by atoms with van der Waals surface area (Å²) in [5.74, 6) is 0.612. The Labute approximate surface area is 121 Å². The van der Waals surface area contributed by atoms with Crippen molar-refractivity contribution in [3.05, 3.63) is 34.4 Å². The maximum Gasteiger partial charge on any atom is 0.241 e. The van der Waals surface area contributed by atoms with Crippen LogP contribution in [0.4, 0.5) is 5.69 Å². The smallest absolute Gasteiger partial charge is 0.241 e. The first-order valence-electron chi connectivity index (χ1n) is 5.64. The molecule has 0 aliphatic rings. The monoisotopic (exact) mass is 316 g/mol. The molecule has 0 saturated carbocycles. The highest BCUT2D eigenvalue weighted by molar-refractivity contribution is 7.89. The lowest BCUT2D eigenvalue weighted by molar-refractivity contribution is 0.387. The number of hydrogen-bond donors (Lipinski definition) is 2. The van der Waals surface area contributed by atoms with Gasteiger partial charge in [-0.15, -0.1) is 0 Å². The third-order valence-electron chi connectivity index (χ3n) is 2.64. The van der Waals surface area contributed by atoms with Gasteiger partial charge in [0.25, 0.3) is 0 Å². The molecule has 0 spiro atoms.